The summed E-state index contributed by atoms with van der Waals surface area (Å²) in [5, 5.41) is 7.05. The zero-order chi connectivity index (χ0) is 16.4. The first-order chi connectivity index (χ1) is 11.1. The van der Waals surface area contributed by atoms with E-state index in [2.05, 4.69) is 48.9 Å². The molecule has 120 valence electrons. The average Bonchev–Trinajstić information content (AvgIpc) is 3.15. The Morgan fingerprint density at radius 3 is 2.96 bits per heavy atom. The molecular weight excluding hydrogens is 428 g/mol. The van der Waals surface area contributed by atoms with Crippen LogP contribution >= 0.6 is 31.9 Å². The van der Waals surface area contributed by atoms with Crippen LogP contribution in [-0.2, 0) is 13.1 Å². The molecular formula is C15H14Br2N4O2. The Hall–Kier alpha value is -1.80. The van der Waals surface area contributed by atoms with Crippen LogP contribution in [0.5, 0.6) is 0 Å². The van der Waals surface area contributed by atoms with Crippen molar-refractivity contribution in [3.05, 3.63) is 52.0 Å². The van der Waals surface area contributed by atoms with Crippen molar-refractivity contribution in [2.24, 2.45) is 0 Å². The van der Waals surface area contributed by atoms with Crippen LogP contribution in [0.15, 0.2) is 50.7 Å². The summed E-state index contributed by atoms with van der Waals surface area (Å²) in [6.07, 6.45) is 5.32. The molecule has 0 unspecified atom stereocenters. The first kappa shape index (κ1) is 16.1. The SMILES string of the molecule is C=CCn1c(C(=O)NCCn2cc(Br)cn2)cc2oc(Br)cc21. The number of nitrogens with zero attached hydrogens (tertiary/aromatic N) is 3. The van der Waals surface area contributed by atoms with Crippen LogP contribution in [0.4, 0.5) is 0 Å². The van der Waals surface area contributed by atoms with Crippen LogP contribution in [0.3, 0.4) is 0 Å². The normalized spacial score (nSPS) is 11.0. The van der Waals surface area contributed by atoms with Crippen molar-refractivity contribution in [1.82, 2.24) is 19.7 Å². The molecule has 0 saturated carbocycles. The molecule has 1 N–H and O–H groups in total. The molecule has 3 aromatic rings. The number of carbonyl (C=O) groups is 1. The Morgan fingerprint density at radius 2 is 2.26 bits per heavy atom. The molecule has 0 aliphatic rings. The van der Waals surface area contributed by atoms with Gasteiger partial charge in [0.15, 0.2) is 10.3 Å². The highest BCUT2D eigenvalue weighted by molar-refractivity contribution is 9.10. The Labute approximate surface area is 149 Å². The lowest BCUT2D eigenvalue weighted by Crippen LogP contribution is -2.29. The van der Waals surface area contributed by atoms with Crippen molar-refractivity contribution < 1.29 is 9.21 Å². The van der Waals surface area contributed by atoms with E-state index < -0.39 is 0 Å². The van der Waals surface area contributed by atoms with E-state index in [1.807, 2.05) is 16.8 Å². The molecule has 3 aromatic heterocycles. The molecule has 0 bridgehead atoms. The predicted molar refractivity (Wildman–Crippen MR) is 94.4 cm³/mol. The zero-order valence-electron chi connectivity index (χ0n) is 12.1. The van der Waals surface area contributed by atoms with E-state index >= 15 is 0 Å². The van der Waals surface area contributed by atoms with Crippen LogP contribution in [0.2, 0.25) is 0 Å². The van der Waals surface area contributed by atoms with Crippen LogP contribution in [0, 0.1) is 0 Å². The van der Waals surface area contributed by atoms with Gasteiger partial charge in [-0.2, -0.15) is 5.10 Å². The second kappa shape index (κ2) is 6.76. The number of allylic oxidation sites excluding steroid dienone is 1. The quantitative estimate of drug-likeness (QED) is 0.594. The number of hydrogen-bond acceptors (Lipinski definition) is 3. The number of carbonyl (C=O) groups excluding carboxylic acids is 1. The van der Waals surface area contributed by atoms with E-state index in [1.165, 1.54) is 0 Å². The van der Waals surface area contributed by atoms with Crippen molar-refractivity contribution >= 4 is 48.9 Å². The molecule has 8 heteroatoms. The van der Waals surface area contributed by atoms with Gasteiger partial charge in [0, 0.05) is 31.4 Å². The number of fused-ring (bicyclic) bond motifs is 1. The van der Waals surface area contributed by atoms with E-state index in [0.29, 0.717) is 35.6 Å². The molecule has 0 saturated heterocycles. The lowest BCUT2D eigenvalue weighted by molar-refractivity contribution is 0.0943. The van der Waals surface area contributed by atoms with Gasteiger partial charge in [-0.1, -0.05) is 6.08 Å². The van der Waals surface area contributed by atoms with Gasteiger partial charge in [0.2, 0.25) is 0 Å². The number of nitrogens with one attached hydrogen (secondary N) is 1. The largest absolute Gasteiger partial charge is 0.448 e. The van der Waals surface area contributed by atoms with Crippen LogP contribution < -0.4 is 5.32 Å². The first-order valence-corrected chi connectivity index (χ1v) is 8.52. The van der Waals surface area contributed by atoms with Gasteiger partial charge in [0.05, 0.1) is 22.7 Å². The van der Waals surface area contributed by atoms with Gasteiger partial charge < -0.3 is 14.3 Å². The second-order valence-corrected chi connectivity index (χ2v) is 6.60. The fourth-order valence-electron chi connectivity index (χ4n) is 2.36. The lowest BCUT2D eigenvalue weighted by atomic mass is 10.4. The second-order valence-electron chi connectivity index (χ2n) is 4.91. The van der Waals surface area contributed by atoms with Gasteiger partial charge in [0.1, 0.15) is 5.69 Å². The summed E-state index contributed by atoms with van der Waals surface area (Å²) in [6.45, 7) is 5.36. The molecule has 1 amide bonds. The zero-order valence-corrected chi connectivity index (χ0v) is 15.3. The number of halogens is 2. The summed E-state index contributed by atoms with van der Waals surface area (Å²) < 4.78 is 10.7. The summed E-state index contributed by atoms with van der Waals surface area (Å²) in [6, 6.07) is 3.58. The highest BCUT2D eigenvalue weighted by Gasteiger charge is 2.17. The van der Waals surface area contributed by atoms with Crippen LogP contribution in [0.25, 0.3) is 11.1 Å². The molecule has 23 heavy (non-hydrogen) atoms. The minimum Gasteiger partial charge on any atom is -0.448 e. The maximum absolute atomic E-state index is 12.4. The van der Waals surface area contributed by atoms with E-state index in [0.717, 1.165) is 9.99 Å². The summed E-state index contributed by atoms with van der Waals surface area (Å²) in [7, 11) is 0. The fraction of sp³-hybridized carbons (Fsp3) is 0.200. The van der Waals surface area contributed by atoms with Gasteiger partial charge in [0.25, 0.3) is 5.91 Å². The summed E-state index contributed by atoms with van der Waals surface area (Å²) in [5.41, 5.74) is 2.07. The minimum absolute atomic E-state index is 0.152. The summed E-state index contributed by atoms with van der Waals surface area (Å²) >= 11 is 6.64. The third-order valence-electron chi connectivity index (χ3n) is 3.33. The maximum Gasteiger partial charge on any atom is 0.268 e. The molecule has 0 spiro atoms. The van der Waals surface area contributed by atoms with E-state index in [9.17, 15) is 4.79 Å². The molecule has 3 rings (SSSR count). The van der Waals surface area contributed by atoms with E-state index in [-0.39, 0.29) is 5.91 Å². The number of hydrogen-bond donors (Lipinski definition) is 1. The fourth-order valence-corrected chi connectivity index (χ4v) is 3.08. The Kier molecular flexibility index (Phi) is 4.72. The van der Waals surface area contributed by atoms with Gasteiger partial charge in [-0.25, -0.2) is 0 Å². The average molecular weight is 442 g/mol. The molecule has 0 aromatic carbocycles. The number of aromatic nitrogens is 3. The topological polar surface area (TPSA) is 65.0 Å². The van der Waals surface area contributed by atoms with E-state index in [1.54, 1.807) is 23.0 Å². The van der Waals surface area contributed by atoms with Crippen molar-refractivity contribution in [3.63, 3.8) is 0 Å². The Balaban J connectivity index is 1.73. The third kappa shape index (κ3) is 3.42. The molecule has 3 heterocycles. The van der Waals surface area contributed by atoms with Crippen molar-refractivity contribution in [3.8, 4) is 0 Å². The van der Waals surface area contributed by atoms with E-state index in [4.69, 9.17) is 4.42 Å². The summed E-state index contributed by atoms with van der Waals surface area (Å²) in [5.74, 6) is -0.152. The molecule has 6 nitrogen and oxygen atoms in total. The van der Waals surface area contributed by atoms with Gasteiger partial charge >= 0.3 is 0 Å². The van der Waals surface area contributed by atoms with Crippen molar-refractivity contribution in [2.45, 2.75) is 13.1 Å². The highest BCUT2D eigenvalue weighted by Crippen LogP contribution is 2.27. The number of furan rings is 1. The third-order valence-corrected chi connectivity index (χ3v) is 4.13. The van der Waals surface area contributed by atoms with Crippen LogP contribution in [-0.4, -0.2) is 26.8 Å². The molecule has 0 atom stereocenters. The predicted octanol–water partition coefficient (Wildman–Crippen LogP) is 3.57. The van der Waals surface area contributed by atoms with Crippen molar-refractivity contribution in [1.29, 1.82) is 0 Å². The smallest absolute Gasteiger partial charge is 0.268 e. The minimum atomic E-state index is -0.152. The maximum atomic E-state index is 12.4. The lowest BCUT2D eigenvalue weighted by Gasteiger charge is -2.08. The highest BCUT2D eigenvalue weighted by atomic mass is 79.9. The Bertz CT molecular complexity index is 862. The number of rotatable bonds is 6. The first-order valence-electron chi connectivity index (χ1n) is 6.94. The van der Waals surface area contributed by atoms with Crippen molar-refractivity contribution in [2.75, 3.05) is 6.54 Å². The number of amides is 1. The van der Waals surface area contributed by atoms with Gasteiger partial charge in [-0.3, -0.25) is 9.48 Å². The molecule has 0 aliphatic heterocycles. The standard InChI is InChI=1S/C15H14Br2N4O2/c1-2-4-21-11-7-14(17)23-13(11)6-12(21)15(22)18-3-5-20-9-10(16)8-19-20/h2,6-9H,1,3-5H2,(H,18,22). The molecule has 0 fully saturated rings. The summed E-state index contributed by atoms with van der Waals surface area (Å²) in [4.78, 5) is 12.4. The monoisotopic (exact) mass is 440 g/mol. The Morgan fingerprint density at radius 1 is 1.43 bits per heavy atom. The van der Waals surface area contributed by atoms with Gasteiger partial charge in [-0.05, 0) is 31.9 Å². The van der Waals surface area contributed by atoms with Gasteiger partial charge in [-0.15, -0.1) is 6.58 Å². The molecule has 0 radical (unpaired) electrons. The van der Waals surface area contributed by atoms with Crippen LogP contribution in [0.1, 0.15) is 10.5 Å². The molecule has 0 aliphatic carbocycles.